The molecule has 0 spiro atoms. The van der Waals surface area contributed by atoms with Gasteiger partial charge >= 0.3 is 5.97 Å². The number of carbonyl (C=O) groups is 2. The molecule has 0 aromatic carbocycles. The number of ketones is 1. The molecule has 0 heterocycles. The molecule has 4 aliphatic rings. The van der Waals surface area contributed by atoms with Crippen LogP contribution in [0.4, 0.5) is 0 Å². The largest absolute Gasteiger partial charge is 0.481 e. The topological polar surface area (TPSA) is 94.8 Å². The first-order chi connectivity index (χ1) is 13.6. The lowest BCUT2D eigenvalue weighted by molar-refractivity contribution is -0.181. The van der Waals surface area contributed by atoms with Crippen LogP contribution in [-0.4, -0.2) is 39.3 Å². The molecule has 4 aliphatic carbocycles. The third kappa shape index (κ3) is 3.18. The van der Waals surface area contributed by atoms with Crippen molar-refractivity contribution in [2.24, 2.45) is 46.3 Å². The van der Waals surface area contributed by atoms with E-state index >= 15 is 0 Å². The van der Waals surface area contributed by atoms with Crippen molar-refractivity contribution in [2.45, 2.75) is 90.8 Å². The maximum absolute atomic E-state index is 13.6. The van der Waals surface area contributed by atoms with E-state index in [0.29, 0.717) is 24.5 Å². The maximum Gasteiger partial charge on any atom is 0.303 e. The number of hydrogen-bond acceptors (Lipinski definition) is 4. The molecule has 0 bridgehead atoms. The van der Waals surface area contributed by atoms with Crippen molar-refractivity contribution in [2.75, 3.05) is 0 Å². The van der Waals surface area contributed by atoms with E-state index in [-0.39, 0.29) is 47.5 Å². The highest BCUT2D eigenvalue weighted by atomic mass is 16.4. The van der Waals surface area contributed by atoms with Crippen molar-refractivity contribution in [1.29, 1.82) is 0 Å². The van der Waals surface area contributed by atoms with Crippen LogP contribution in [0.15, 0.2) is 0 Å². The number of Topliss-reactive ketones (excluding diaryl/α,β-unsaturated/α-hetero) is 1. The minimum absolute atomic E-state index is 0.0348. The zero-order valence-electron chi connectivity index (χ0n) is 18.1. The van der Waals surface area contributed by atoms with E-state index in [4.69, 9.17) is 5.11 Å². The van der Waals surface area contributed by atoms with E-state index in [0.717, 1.165) is 38.5 Å². The molecule has 5 heteroatoms. The van der Waals surface area contributed by atoms with Crippen LogP contribution in [0.1, 0.15) is 78.6 Å². The third-order valence-corrected chi connectivity index (χ3v) is 10.1. The number of aliphatic hydroxyl groups is 2. The number of carbonyl (C=O) groups excluding carboxylic acids is 1. The lowest BCUT2D eigenvalue weighted by Crippen LogP contribution is -2.61. The quantitative estimate of drug-likeness (QED) is 0.662. The van der Waals surface area contributed by atoms with E-state index in [1.165, 1.54) is 0 Å². The van der Waals surface area contributed by atoms with Crippen LogP contribution >= 0.6 is 0 Å². The van der Waals surface area contributed by atoms with E-state index in [2.05, 4.69) is 20.8 Å². The molecule has 10 atom stereocenters. The van der Waals surface area contributed by atoms with Crippen molar-refractivity contribution in [3.05, 3.63) is 0 Å². The van der Waals surface area contributed by atoms with Gasteiger partial charge in [0.05, 0.1) is 12.2 Å². The van der Waals surface area contributed by atoms with Crippen LogP contribution in [-0.2, 0) is 9.59 Å². The fraction of sp³-hybridized carbons (Fsp3) is 0.917. The van der Waals surface area contributed by atoms with Gasteiger partial charge in [0.2, 0.25) is 0 Å². The molecule has 0 unspecified atom stereocenters. The Bertz CT molecular complexity index is 676. The summed E-state index contributed by atoms with van der Waals surface area (Å²) in [4.78, 5) is 24.7. The number of carboxylic acid groups (broad SMARTS) is 1. The Balaban J connectivity index is 1.62. The van der Waals surface area contributed by atoms with Crippen LogP contribution in [0.5, 0.6) is 0 Å². The van der Waals surface area contributed by atoms with E-state index in [9.17, 15) is 19.8 Å². The standard InChI is InChI=1S/C24H38O5/c1-13(4-7-21(28)29)16-5-6-17-22-18(12-20(27)24(16,17)3)23(2)9-8-15(25)10-14(23)11-19(22)26/h13-19,22,25-26H,4-12H2,1-3H3,(H,28,29)/t13-,14+,15-,16-,17+,18+,19-,22+,23+,24-/m0/s1. The minimum Gasteiger partial charge on any atom is -0.481 e. The Morgan fingerprint density at radius 3 is 2.55 bits per heavy atom. The van der Waals surface area contributed by atoms with Crippen LogP contribution in [0, 0.1) is 46.3 Å². The number of fused-ring (bicyclic) bond motifs is 5. The molecular weight excluding hydrogens is 368 g/mol. The summed E-state index contributed by atoms with van der Waals surface area (Å²) in [5.74, 6) is 0.855. The summed E-state index contributed by atoms with van der Waals surface area (Å²) < 4.78 is 0. The average molecular weight is 407 g/mol. The summed E-state index contributed by atoms with van der Waals surface area (Å²) in [6.45, 7) is 6.54. The summed E-state index contributed by atoms with van der Waals surface area (Å²) >= 11 is 0. The van der Waals surface area contributed by atoms with Gasteiger partial charge in [0.25, 0.3) is 0 Å². The third-order valence-electron chi connectivity index (χ3n) is 10.1. The molecule has 29 heavy (non-hydrogen) atoms. The van der Waals surface area contributed by atoms with Gasteiger partial charge in [-0.2, -0.15) is 0 Å². The fourth-order valence-corrected chi connectivity index (χ4v) is 8.41. The molecule has 4 rings (SSSR count). The van der Waals surface area contributed by atoms with Gasteiger partial charge in [-0.25, -0.2) is 0 Å². The van der Waals surface area contributed by atoms with E-state index in [1.54, 1.807) is 0 Å². The van der Waals surface area contributed by atoms with Crippen molar-refractivity contribution in [1.82, 2.24) is 0 Å². The van der Waals surface area contributed by atoms with Gasteiger partial charge in [-0.05, 0) is 85.9 Å². The van der Waals surface area contributed by atoms with Gasteiger partial charge in [0.1, 0.15) is 5.78 Å². The Morgan fingerprint density at radius 1 is 1.14 bits per heavy atom. The lowest BCUT2D eigenvalue weighted by atomic mass is 9.43. The monoisotopic (exact) mass is 406 g/mol. The van der Waals surface area contributed by atoms with Crippen LogP contribution in [0.25, 0.3) is 0 Å². The van der Waals surface area contributed by atoms with Gasteiger partial charge in [0.15, 0.2) is 0 Å². The number of hydrogen-bond donors (Lipinski definition) is 3. The molecule has 4 saturated carbocycles. The molecule has 3 N–H and O–H groups in total. The van der Waals surface area contributed by atoms with Crippen LogP contribution in [0.3, 0.4) is 0 Å². The summed E-state index contributed by atoms with van der Waals surface area (Å²) in [7, 11) is 0. The van der Waals surface area contributed by atoms with Crippen LogP contribution in [0.2, 0.25) is 0 Å². The number of aliphatic hydroxyl groups excluding tert-OH is 2. The first-order valence-corrected chi connectivity index (χ1v) is 11.7. The number of aliphatic carboxylic acids is 1. The molecule has 0 saturated heterocycles. The summed E-state index contributed by atoms with van der Waals surface area (Å²) in [5, 5.41) is 30.5. The molecule has 0 amide bonds. The Hall–Kier alpha value is -0.940. The molecule has 4 fully saturated rings. The number of rotatable bonds is 4. The molecule has 0 radical (unpaired) electrons. The second kappa shape index (κ2) is 7.33. The van der Waals surface area contributed by atoms with Gasteiger partial charge < -0.3 is 15.3 Å². The van der Waals surface area contributed by atoms with Crippen LogP contribution < -0.4 is 0 Å². The molecular formula is C24H38O5. The fourth-order valence-electron chi connectivity index (χ4n) is 8.41. The predicted octanol–water partition coefficient (Wildman–Crippen LogP) is 3.66. The van der Waals surface area contributed by atoms with E-state index in [1.807, 2.05) is 0 Å². The zero-order valence-corrected chi connectivity index (χ0v) is 18.1. The zero-order chi connectivity index (χ0) is 21.1. The molecule has 0 aromatic rings. The SMILES string of the molecule is C[C@@H](CCC(=O)O)[C@@H]1CC[C@@H]2[C@@H]3[C@@H](CC(=O)[C@]21C)[C@]1(C)CC[C@H](O)C[C@@H]1C[C@@H]3O. The first-order valence-electron chi connectivity index (χ1n) is 11.7. The van der Waals surface area contributed by atoms with Gasteiger partial charge in [-0.3, -0.25) is 9.59 Å². The second-order valence-corrected chi connectivity index (χ2v) is 11.2. The van der Waals surface area contributed by atoms with Gasteiger partial charge in [-0.1, -0.05) is 20.8 Å². The Labute approximate surface area is 174 Å². The van der Waals surface area contributed by atoms with Crippen molar-refractivity contribution < 1.29 is 24.9 Å². The average Bonchev–Trinajstić information content (AvgIpc) is 3.01. The smallest absolute Gasteiger partial charge is 0.303 e. The Kier molecular flexibility index (Phi) is 5.39. The first kappa shape index (κ1) is 21.3. The number of carboxylic acids is 1. The predicted molar refractivity (Wildman–Crippen MR) is 109 cm³/mol. The molecule has 0 aliphatic heterocycles. The van der Waals surface area contributed by atoms with Crippen molar-refractivity contribution in [3.63, 3.8) is 0 Å². The lowest BCUT2D eigenvalue weighted by Gasteiger charge is -2.61. The van der Waals surface area contributed by atoms with Gasteiger partial charge in [0, 0.05) is 18.3 Å². The van der Waals surface area contributed by atoms with Crippen molar-refractivity contribution >= 4 is 11.8 Å². The highest BCUT2D eigenvalue weighted by Crippen LogP contribution is 2.67. The highest BCUT2D eigenvalue weighted by Gasteiger charge is 2.65. The minimum atomic E-state index is -0.771. The second-order valence-electron chi connectivity index (χ2n) is 11.2. The van der Waals surface area contributed by atoms with E-state index < -0.39 is 17.5 Å². The molecule has 0 aromatic heterocycles. The van der Waals surface area contributed by atoms with Gasteiger partial charge in [-0.15, -0.1) is 0 Å². The normalized spacial score (nSPS) is 50.4. The summed E-state index contributed by atoms with van der Waals surface area (Å²) in [5.41, 5.74) is -0.398. The Morgan fingerprint density at radius 2 is 1.86 bits per heavy atom. The molecule has 5 nitrogen and oxygen atoms in total. The van der Waals surface area contributed by atoms with Crippen molar-refractivity contribution in [3.8, 4) is 0 Å². The summed E-state index contributed by atoms with van der Waals surface area (Å²) in [6.07, 6.45) is 5.82. The summed E-state index contributed by atoms with van der Waals surface area (Å²) in [6, 6.07) is 0. The maximum atomic E-state index is 13.6. The highest BCUT2D eigenvalue weighted by molar-refractivity contribution is 5.87. The molecule has 164 valence electrons.